The fraction of sp³-hybridized carbons (Fsp3) is 0.667. The highest BCUT2D eigenvalue weighted by Gasteiger charge is 2.66. The zero-order chi connectivity index (χ0) is 13.1. The van der Waals surface area contributed by atoms with Crippen molar-refractivity contribution >= 4 is 17.5 Å². The van der Waals surface area contributed by atoms with E-state index >= 15 is 0 Å². The molecule has 2 aliphatic rings. The third kappa shape index (κ3) is 1.34. The van der Waals surface area contributed by atoms with Gasteiger partial charge in [-0.2, -0.15) is 0 Å². The summed E-state index contributed by atoms with van der Waals surface area (Å²) in [5.41, 5.74) is 0.0202. The standard InChI is InChI=1S/C15H20O2S/c1-9-11(6-8-17-9)18-12-10-5-7-15(4,13(12)16)14(10,2)3/h6,8,10,12H,5,7H2,1-4H3. The number of carbonyl (C=O) groups is 1. The Morgan fingerprint density at radius 2 is 2.11 bits per heavy atom. The van der Waals surface area contributed by atoms with Crippen LogP contribution < -0.4 is 0 Å². The molecule has 18 heavy (non-hydrogen) atoms. The second kappa shape index (κ2) is 3.66. The fourth-order valence-electron chi connectivity index (χ4n) is 3.77. The number of carbonyl (C=O) groups excluding carboxylic acids is 1. The van der Waals surface area contributed by atoms with Crippen molar-refractivity contribution in [3.8, 4) is 0 Å². The van der Waals surface area contributed by atoms with Gasteiger partial charge in [0.1, 0.15) is 5.76 Å². The molecule has 2 saturated carbocycles. The van der Waals surface area contributed by atoms with E-state index in [2.05, 4.69) is 20.8 Å². The van der Waals surface area contributed by atoms with Crippen molar-refractivity contribution in [2.24, 2.45) is 16.7 Å². The largest absolute Gasteiger partial charge is 0.468 e. The molecule has 0 saturated heterocycles. The number of hydrogen-bond acceptors (Lipinski definition) is 3. The number of fused-ring (bicyclic) bond motifs is 2. The number of Topliss-reactive ketones (excluding diaryl/α,β-unsaturated/α-hetero) is 1. The third-order valence-corrected chi connectivity index (χ3v) is 7.01. The molecule has 2 bridgehead atoms. The van der Waals surface area contributed by atoms with Gasteiger partial charge < -0.3 is 4.42 Å². The number of thioether (sulfide) groups is 1. The molecular formula is C15H20O2S. The SMILES string of the molecule is Cc1occc1SC1C(=O)C2(C)CCC1C2(C)C. The van der Waals surface area contributed by atoms with Crippen molar-refractivity contribution in [1.82, 2.24) is 0 Å². The maximum absolute atomic E-state index is 12.7. The maximum Gasteiger partial charge on any atom is 0.152 e. The zero-order valence-electron chi connectivity index (χ0n) is 11.4. The number of aryl methyl sites for hydroxylation is 1. The third-order valence-electron chi connectivity index (χ3n) is 5.54. The number of ketones is 1. The van der Waals surface area contributed by atoms with E-state index in [0.29, 0.717) is 11.7 Å². The Kier molecular flexibility index (Phi) is 2.51. The van der Waals surface area contributed by atoms with Crippen molar-refractivity contribution < 1.29 is 9.21 Å². The summed E-state index contributed by atoms with van der Waals surface area (Å²) in [5.74, 6) is 1.89. The van der Waals surface area contributed by atoms with Crippen molar-refractivity contribution in [1.29, 1.82) is 0 Å². The quantitative estimate of drug-likeness (QED) is 0.806. The number of hydrogen-bond donors (Lipinski definition) is 0. The first-order valence-corrected chi connectivity index (χ1v) is 7.51. The summed E-state index contributed by atoms with van der Waals surface area (Å²) in [4.78, 5) is 13.8. The number of rotatable bonds is 2. The average Bonchev–Trinajstić information content (AvgIpc) is 2.83. The van der Waals surface area contributed by atoms with Crippen LogP contribution in [0.3, 0.4) is 0 Å². The van der Waals surface area contributed by atoms with Crippen LogP contribution in [0.25, 0.3) is 0 Å². The molecule has 3 rings (SSSR count). The van der Waals surface area contributed by atoms with Crippen molar-refractivity contribution in [3.63, 3.8) is 0 Å². The first-order chi connectivity index (χ1) is 8.38. The van der Waals surface area contributed by atoms with Crippen molar-refractivity contribution in [2.45, 2.75) is 50.7 Å². The minimum atomic E-state index is -0.118. The minimum absolute atomic E-state index is 0.118. The molecule has 3 unspecified atom stereocenters. The summed E-state index contributed by atoms with van der Waals surface area (Å²) in [5, 5.41) is 0.120. The summed E-state index contributed by atoms with van der Waals surface area (Å²) in [6, 6.07) is 1.98. The van der Waals surface area contributed by atoms with Crippen molar-refractivity contribution in [3.05, 3.63) is 18.1 Å². The molecule has 0 amide bonds. The van der Waals surface area contributed by atoms with E-state index in [4.69, 9.17) is 4.42 Å². The maximum atomic E-state index is 12.7. The lowest BCUT2D eigenvalue weighted by atomic mass is 9.70. The van der Waals surface area contributed by atoms with E-state index in [1.165, 1.54) is 6.42 Å². The van der Waals surface area contributed by atoms with Crippen LogP contribution in [0.15, 0.2) is 21.6 Å². The van der Waals surface area contributed by atoms with Crippen LogP contribution in [0.5, 0.6) is 0 Å². The lowest BCUT2D eigenvalue weighted by Gasteiger charge is -2.32. The van der Waals surface area contributed by atoms with Crippen molar-refractivity contribution in [2.75, 3.05) is 0 Å². The van der Waals surface area contributed by atoms with Gasteiger partial charge in [-0.3, -0.25) is 4.79 Å². The average molecular weight is 264 g/mol. The van der Waals surface area contributed by atoms with E-state index in [-0.39, 0.29) is 16.1 Å². The Labute approximate surface area is 113 Å². The van der Waals surface area contributed by atoms with Crippen LogP contribution in [0, 0.1) is 23.7 Å². The van der Waals surface area contributed by atoms with Gasteiger partial charge in [0.2, 0.25) is 0 Å². The summed E-state index contributed by atoms with van der Waals surface area (Å²) in [7, 11) is 0. The molecule has 2 aliphatic carbocycles. The molecule has 0 N–H and O–H groups in total. The predicted molar refractivity (Wildman–Crippen MR) is 72.7 cm³/mol. The molecule has 3 atom stereocenters. The summed E-state index contributed by atoms with van der Waals surface area (Å²) in [6.07, 6.45) is 3.96. The summed E-state index contributed by atoms with van der Waals surface area (Å²) >= 11 is 1.71. The Morgan fingerprint density at radius 3 is 2.61 bits per heavy atom. The molecule has 0 radical (unpaired) electrons. The van der Waals surface area contributed by atoms with E-state index in [9.17, 15) is 4.79 Å². The van der Waals surface area contributed by atoms with Gasteiger partial charge in [-0.05, 0) is 37.2 Å². The fourth-order valence-corrected chi connectivity index (χ4v) is 5.40. The molecular weight excluding hydrogens is 244 g/mol. The topological polar surface area (TPSA) is 30.2 Å². The molecule has 0 spiro atoms. The van der Waals surface area contributed by atoms with Crippen LogP contribution in [0.1, 0.15) is 39.4 Å². The highest BCUT2D eigenvalue weighted by molar-refractivity contribution is 8.00. The predicted octanol–water partition coefficient (Wildman–Crippen LogP) is 4.07. The Morgan fingerprint density at radius 1 is 1.39 bits per heavy atom. The highest BCUT2D eigenvalue weighted by Crippen LogP contribution is 2.66. The Balaban J connectivity index is 1.92. The molecule has 0 aliphatic heterocycles. The molecule has 3 heteroatoms. The minimum Gasteiger partial charge on any atom is -0.468 e. The van der Waals surface area contributed by atoms with E-state index in [0.717, 1.165) is 17.1 Å². The molecule has 2 fully saturated rings. The van der Waals surface area contributed by atoms with Gasteiger partial charge in [-0.25, -0.2) is 0 Å². The molecule has 98 valence electrons. The van der Waals surface area contributed by atoms with E-state index in [1.54, 1.807) is 18.0 Å². The smallest absolute Gasteiger partial charge is 0.152 e. The van der Waals surface area contributed by atoms with Gasteiger partial charge in [0.25, 0.3) is 0 Å². The van der Waals surface area contributed by atoms with Crippen LogP contribution >= 0.6 is 11.8 Å². The van der Waals surface area contributed by atoms with E-state index < -0.39 is 0 Å². The van der Waals surface area contributed by atoms with Gasteiger partial charge >= 0.3 is 0 Å². The van der Waals surface area contributed by atoms with Crippen LogP contribution in [0.4, 0.5) is 0 Å². The van der Waals surface area contributed by atoms with Gasteiger partial charge in [-0.15, -0.1) is 11.8 Å². The first-order valence-electron chi connectivity index (χ1n) is 6.63. The van der Waals surface area contributed by atoms with Crippen LogP contribution in [-0.4, -0.2) is 11.0 Å². The van der Waals surface area contributed by atoms with E-state index in [1.807, 2.05) is 13.0 Å². The molecule has 1 aromatic rings. The molecule has 1 aromatic heterocycles. The zero-order valence-corrected chi connectivity index (χ0v) is 12.3. The molecule has 2 nitrogen and oxygen atoms in total. The highest BCUT2D eigenvalue weighted by atomic mass is 32.2. The normalized spacial score (nSPS) is 37.4. The second-order valence-corrected chi connectivity index (χ2v) is 7.63. The Bertz CT molecular complexity index is 502. The van der Waals surface area contributed by atoms with Gasteiger partial charge in [0, 0.05) is 10.3 Å². The second-order valence-electron chi connectivity index (χ2n) is 6.44. The summed E-state index contributed by atoms with van der Waals surface area (Å²) < 4.78 is 5.34. The van der Waals surface area contributed by atoms with Crippen LogP contribution in [-0.2, 0) is 4.79 Å². The Hall–Kier alpha value is -0.700. The van der Waals surface area contributed by atoms with Gasteiger partial charge in [0.05, 0.1) is 11.5 Å². The first kappa shape index (κ1) is 12.3. The lowest BCUT2D eigenvalue weighted by molar-refractivity contribution is -0.127. The monoisotopic (exact) mass is 264 g/mol. The lowest BCUT2D eigenvalue weighted by Crippen LogP contribution is -2.34. The molecule has 0 aromatic carbocycles. The van der Waals surface area contributed by atoms with Gasteiger partial charge in [0.15, 0.2) is 5.78 Å². The summed E-state index contributed by atoms with van der Waals surface area (Å²) in [6.45, 7) is 8.67. The number of furan rings is 1. The molecule has 1 heterocycles. The van der Waals surface area contributed by atoms with Crippen LogP contribution in [0.2, 0.25) is 0 Å². The van der Waals surface area contributed by atoms with Gasteiger partial charge in [-0.1, -0.05) is 20.8 Å².